The van der Waals surface area contributed by atoms with Gasteiger partial charge in [-0.3, -0.25) is 4.79 Å². The molecule has 0 bridgehead atoms. The Labute approximate surface area is 137 Å². The number of hydrogen-bond donors (Lipinski definition) is 1. The van der Waals surface area contributed by atoms with E-state index in [4.69, 9.17) is 10.5 Å². The molecule has 0 heterocycles. The quantitative estimate of drug-likeness (QED) is 0.813. The van der Waals surface area contributed by atoms with Gasteiger partial charge in [0.2, 0.25) is 5.91 Å². The average molecular weight is 318 g/mol. The largest absolute Gasteiger partial charge is 0.467 e. The highest BCUT2D eigenvalue weighted by Gasteiger charge is 2.35. The lowest BCUT2D eigenvalue weighted by molar-refractivity contribution is -0.155. The zero-order valence-corrected chi connectivity index (χ0v) is 13.7. The third-order valence-corrected chi connectivity index (χ3v) is 4.51. The van der Waals surface area contributed by atoms with Gasteiger partial charge in [-0.15, -0.1) is 0 Å². The van der Waals surface area contributed by atoms with E-state index in [2.05, 4.69) is 0 Å². The van der Waals surface area contributed by atoms with Crippen molar-refractivity contribution in [1.82, 2.24) is 4.90 Å². The Balaban J connectivity index is 2.27. The summed E-state index contributed by atoms with van der Waals surface area (Å²) in [6.07, 6.45) is 5.65. The number of amides is 1. The van der Waals surface area contributed by atoms with Crippen molar-refractivity contribution >= 4 is 11.9 Å². The van der Waals surface area contributed by atoms with Gasteiger partial charge in [-0.25, -0.2) is 4.79 Å². The fourth-order valence-corrected chi connectivity index (χ4v) is 3.37. The zero-order chi connectivity index (χ0) is 16.7. The molecular formula is C18H26N2O3. The van der Waals surface area contributed by atoms with E-state index in [1.54, 1.807) is 4.90 Å². The number of esters is 1. The predicted molar refractivity (Wildman–Crippen MR) is 88.7 cm³/mol. The summed E-state index contributed by atoms with van der Waals surface area (Å²) in [4.78, 5) is 26.5. The average Bonchev–Trinajstić information content (AvgIpc) is 2.62. The van der Waals surface area contributed by atoms with Crippen LogP contribution in [0.2, 0.25) is 0 Å². The molecule has 5 nitrogen and oxygen atoms in total. The van der Waals surface area contributed by atoms with Crippen molar-refractivity contribution in [2.45, 2.75) is 50.6 Å². The second-order valence-electron chi connectivity index (χ2n) is 6.03. The number of carbonyl (C=O) groups is 2. The summed E-state index contributed by atoms with van der Waals surface area (Å²) in [5.74, 6) is -0.551. The van der Waals surface area contributed by atoms with E-state index in [-0.39, 0.29) is 24.5 Å². The Bertz CT molecular complexity index is 512. The van der Waals surface area contributed by atoms with Gasteiger partial charge >= 0.3 is 5.97 Å². The smallest absolute Gasteiger partial charge is 0.328 e. The minimum atomic E-state index is -0.610. The molecule has 0 aromatic heterocycles. The number of carbonyl (C=O) groups excluding carboxylic acids is 2. The van der Waals surface area contributed by atoms with Crippen molar-refractivity contribution < 1.29 is 14.3 Å². The molecule has 1 aliphatic carbocycles. The van der Waals surface area contributed by atoms with Gasteiger partial charge in [-0.05, 0) is 18.4 Å². The minimum absolute atomic E-state index is 0.0765. The molecular weight excluding hydrogens is 292 g/mol. The molecule has 1 fully saturated rings. The number of nitrogens with zero attached hydrogens (tertiary/aromatic N) is 1. The van der Waals surface area contributed by atoms with Gasteiger partial charge in [-0.1, -0.05) is 49.6 Å². The molecule has 0 radical (unpaired) electrons. The molecule has 0 aliphatic heterocycles. The Kier molecular flexibility index (Phi) is 6.59. The third-order valence-electron chi connectivity index (χ3n) is 4.51. The van der Waals surface area contributed by atoms with Crippen LogP contribution in [0.4, 0.5) is 0 Å². The summed E-state index contributed by atoms with van der Waals surface area (Å²) in [6, 6.07) is 9.18. The molecule has 23 heavy (non-hydrogen) atoms. The summed E-state index contributed by atoms with van der Waals surface area (Å²) >= 11 is 0. The molecule has 2 N–H and O–H groups in total. The van der Waals surface area contributed by atoms with Gasteiger partial charge in [-0.2, -0.15) is 0 Å². The van der Waals surface area contributed by atoms with Crippen LogP contribution >= 0.6 is 0 Å². The van der Waals surface area contributed by atoms with Crippen molar-refractivity contribution in [3.63, 3.8) is 0 Å². The van der Waals surface area contributed by atoms with E-state index in [0.717, 1.165) is 31.2 Å². The van der Waals surface area contributed by atoms with E-state index >= 15 is 0 Å². The van der Waals surface area contributed by atoms with Crippen LogP contribution < -0.4 is 5.73 Å². The molecule has 1 atom stereocenters. The fourth-order valence-electron chi connectivity index (χ4n) is 3.37. The molecule has 1 amide bonds. The highest BCUT2D eigenvalue weighted by Crippen LogP contribution is 2.26. The molecule has 2 rings (SSSR count). The first-order valence-corrected chi connectivity index (χ1v) is 8.30. The van der Waals surface area contributed by atoms with Crippen LogP contribution in [0.15, 0.2) is 30.3 Å². The lowest BCUT2D eigenvalue weighted by atomic mass is 9.91. The molecule has 1 aliphatic rings. The second-order valence-corrected chi connectivity index (χ2v) is 6.03. The number of benzene rings is 1. The summed E-state index contributed by atoms with van der Waals surface area (Å²) in [5.41, 5.74) is 6.62. The molecule has 1 saturated carbocycles. The van der Waals surface area contributed by atoms with Gasteiger partial charge in [0.1, 0.15) is 6.04 Å². The molecule has 0 unspecified atom stereocenters. The van der Waals surface area contributed by atoms with Crippen molar-refractivity contribution in [1.29, 1.82) is 0 Å². The molecule has 126 valence electrons. The van der Waals surface area contributed by atoms with Crippen LogP contribution in [-0.2, 0) is 20.7 Å². The Morgan fingerprint density at radius 3 is 2.43 bits per heavy atom. The Morgan fingerprint density at radius 1 is 1.22 bits per heavy atom. The molecule has 5 heteroatoms. The highest BCUT2D eigenvalue weighted by atomic mass is 16.5. The topological polar surface area (TPSA) is 72.6 Å². The monoisotopic (exact) mass is 318 g/mol. The van der Waals surface area contributed by atoms with Gasteiger partial charge in [0.05, 0.1) is 13.7 Å². The van der Waals surface area contributed by atoms with E-state index in [9.17, 15) is 9.59 Å². The van der Waals surface area contributed by atoms with Gasteiger partial charge in [0.25, 0.3) is 0 Å². The first-order chi connectivity index (χ1) is 11.2. The van der Waals surface area contributed by atoms with Crippen molar-refractivity contribution in [2.24, 2.45) is 5.73 Å². The molecule has 1 aromatic carbocycles. The number of ether oxygens (including phenoxy) is 1. The first-order valence-electron chi connectivity index (χ1n) is 8.30. The standard InChI is InChI=1S/C18H26N2O3/c1-23-18(22)16(12-14-8-4-2-5-9-14)20(17(21)13-19)15-10-6-3-7-11-15/h2,4-5,8-9,15-16H,3,6-7,10-13,19H2,1H3/t16-/m0/s1. The van der Waals surface area contributed by atoms with E-state index < -0.39 is 6.04 Å². The highest BCUT2D eigenvalue weighted by molar-refractivity contribution is 5.86. The fraction of sp³-hybridized carbons (Fsp3) is 0.556. The number of nitrogens with two attached hydrogens (primary N) is 1. The van der Waals surface area contributed by atoms with Crippen LogP contribution in [0.3, 0.4) is 0 Å². The number of hydrogen-bond acceptors (Lipinski definition) is 4. The SMILES string of the molecule is COC(=O)[C@H](Cc1ccccc1)N(C(=O)CN)C1CCCCC1. The summed E-state index contributed by atoms with van der Waals surface area (Å²) in [6.45, 7) is -0.0845. The number of methoxy groups -OCH3 is 1. The van der Waals surface area contributed by atoms with Crippen molar-refractivity contribution in [3.05, 3.63) is 35.9 Å². The molecule has 0 spiro atoms. The van der Waals surface area contributed by atoms with E-state index in [1.165, 1.54) is 13.5 Å². The second kappa shape index (κ2) is 8.67. The minimum Gasteiger partial charge on any atom is -0.467 e. The maximum Gasteiger partial charge on any atom is 0.328 e. The maximum atomic E-state index is 12.5. The summed E-state index contributed by atoms with van der Waals surface area (Å²) in [5, 5.41) is 0. The third kappa shape index (κ3) is 4.55. The predicted octanol–water partition coefficient (Wildman–Crippen LogP) is 1.89. The number of rotatable bonds is 6. The Hall–Kier alpha value is -1.88. The Morgan fingerprint density at radius 2 is 1.87 bits per heavy atom. The van der Waals surface area contributed by atoms with Crippen LogP contribution in [0.1, 0.15) is 37.7 Å². The molecule has 1 aromatic rings. The summed E-state index contributed by atoms with van der Waals surface area (Å²) < 4.78 is 4.98. The van der Waals surface area contributed by atoms with Gasteiger partial charge in [0, 0.05) is 12.5 Å². The van der Waals surface area contributed by atoms with Crippen LogP contribution in [-0.4, -0.2) is 42.5 Å². The zero-order valence-electron chi connectivity index (χ0n) is 13.7. The summed E-state index contributed by atoms with van der Waals surface area (Å²) in [7, 11) is 1.37. The van der Waals surface area contributed by atoms with Gasteiger partial charge in [0.15, 0.2) is 0 Å². The van der Waals surface area contributed by atoms with Crippen molar-refractivity contribution in [3.8, 4) is 0 Å². The lowest BCUT2D eigenvalue weighted by Crippen LogP contribution is -2.54. The van der Waals surface area contributed by atoms with Crippen LogP contribution in [0, 0.1) is 0 Å². The lowest BCUT2D eigenvalue weighted by Gasteiger charge is -2.38. The van der Waals surface area contributed by atoms with Crippen LogP contribution in [0.5, 0.6) is 0 Å². The van der Waals surface area contributed by atoms with Crippen LogP contribution in [0.25, 0.3) is 0 Å². The van der Waals surface area contributed by atoms with Crippen molar-refractivity contribution in [2.75, 3.05) is 13.7 Å². The van der Waals surface area contributed by atoms with E-state index in [1.807, 2.05) is 30.3 Å². The van der Waals surface area contributed by atoms with Gasteiger partial charge < -0.3 is 15.4 Å². The van der Waals surface area contributed by atoms with E-state index in [0.29, 0.717) is 6.42 Å². The molecule has 0 saturated heterocycles. The first kappa shape index (κ1) is 17.5. The normalized spacial score (nSPS) is 16.6. The maximum absolute atomic E-state index is 12.5.